The number of ether oxygens (including phenoxy) is 1. The SMILES string of the molecule is CC(C)n1nnc2c1C(=O)CCO2. The molecule has 0 saturated carbocycles. The number of hydrogen-bond acceptors (Lipinski definition) is 4. The summed E-state index contributed by atoms with van der Waals surface area (Å²) in [5.74, 6) is 0.449. The number of ketones is 1. The van der Waals surface area contributed by atoms with Crippen molar-refractivity contribution in [3.05, 3.63) is 5.69 Å². The fraction of sp³-hybridized carbons (Fsp3) is 0.625. The smallest absolute Gasteiger partial charge is 0.264 e. The Balaban J connectivity index is 2.50. The monoisotopic (exact) mass is 181 g/mol. The van der Waals surface area contributed by atoms with E-state index >= 15 is 0 Å². The van der Waals surface area contributed by atoms with Crippen molar-refractivity contribution in [3.63, 3.8) is 0 Å². The average Bonchev–Trinajstić information content (AvgIpc) is 2.49. The van der Waals surface area contributed by atoms with E-state index in [1.165, 1.54) is 0 Å². The number of rotatable bonds is 1. The maximum absolute atomic E-state index is 11.5. The van der Waals surface area contributed by atoms with Crippen LogP contribution in [0.1, 0.15) is 36.8 Å². The van der Waals surface area contributed by atoms with E-state index in [1.807, 2.05) is 13.8 Å². The zero-order valence-corrected chi connectivity index (χ0v) is 7.65. The number of carbonyl (C=O) groups excluding carboxylic acids is 1. The van der Waals surface area contributed by atoms with Crippen LogP contribution in [-0.2, 0) is 0 Å². The van der Waals surface area contributed by atoms with Gasteiger partial charge in [0.05, 0.1) is 6.61 Å². The Morgan fingerprint density at radius 2 is 2.31 bits per heavy atom. The number of fused-ring (bicyclic) bond motifs is 1. The van der Waals surface area contributed by atoms with Crippen molar-refractivity contribution in [3.8, 4) is 5.88 Å². The van der Waals surface area contributed by atoms with Crippen molar-refractivity contribution in [2.24, 2.45) is 0 Å². The van der Waals surface area contributed by atoms with Crippen LogP contribution in [0.3, 0.4) is 0 Å². The molecule has 1 aromatic rings. The molecule has 1 aromatic heterocycles. The van der Waals surface area contributed by atoms with Gasteiger partial charge in [-0.05, 0) is 13.8 Å². The van der Waals surface area contributed by atoms with Gasteiger partial charge in [0, 0.05) is 12.5 Å². The van der Waals surface area contributed by atoms with Gasteiger partial charge >= 0.3 is 0 Å². The predicted octanol–water partition coefficient (Wildman–Crippen LogP) is 0.824. The number of hydrogen-bond donors (Lipinski definition) is 0. The van der Waals surface area contributed by atoms with Crippen molar-refractivity contribution >= 4 is 5.78 Å². The van der Waals surface area contributed by atoms with E-state index < -0.39 is 0 Å². The minimum atomic E-state index is 0.0694. The van der Waals surface area contributed by atoms with Crippen molar-refractivity contribution < 1.29 is 9.53 Å². The number of carbonyl (C=O) groups is 1. The van der Waals surface area contributed by atoms with E-state index in [0.29, 0.717) is 24.6 Å². The van der Waals surface area contributed by atoms with Crippen LogP contribution in [-0.4, -0.2) is 27.4 Å². The van der Waals surface area contributed by atoms with E-state index in [-0.39, 0.29) is 11.8 Å². The van der Waals surface area contributed by atoms with Crippen LogP contribution in [0.5, 0.6) is 5.88 Å². The highest BCUT2D eigenvalue weighted by Gasteiger charge is 2.26. The molecule has 0 aromatic carbocycles. The molecule has 0 unspecified atom stereocenters. The molecule has 70 valence electrons. The molecule has 0 radical (unpaired) electrons. The number of aromatic nitrogens is 3. The van der Waals surface area contributed by atoms with Crippen LogP contribution in [0, 0.1) is 0 Å². The van der Waals surface area contributed by atoms with Gasteiger partial charge in [-0.3, -0.25) is 4.79 Å². The molecule has 13 heavy (non-hydrogen) atoms. The van der Waals surface area contributed by atoms with Gasteiger partial charge in [0.25, 0.3) is 5.88 Å². The summed E-state index contributed by atoms with van der Waals surface area (Å²) in [5.41, 5.74) is 0.515. The van der Waals surface area contributed by atoms with Crippen molar-refractivity contribution in [1.29, 1.82) is 0 Å². The van der Waals surface area contributed by atoms with E-state index in [9.17, 15) is 4.79 Å². The molecule has 5 heteroatoms. The van der Waals surface area contributed by atoms with Crippen molar-refractivity contribution in [2.75, 3.05) is 6.61 Å². The van der Waals surface area contributed by atoms with Gasteiger partial charge in [0.1, 0.15) is 0 Å². The highest BCUT2D eigenvalue weighted by Crippen LogP contribution is 2.23. The molecule has 1 aliphatic heterocycles. The van der Waals surface area contributed by atoms with Gasteiger partial charge in [0.2, 0.25) is 0 Å². The molecule has 0 amide bonds. The molecule has 0 fully saturated rings. The van der Waals surface area contributed by atoms with Gasteiger partial charge in [-0.2, -0.15) is 0 Å². The first-order chi connectivity index (χ1) is 6.20. The second-order valence-corrected chi connectivity index (χ2v) is 3.30. The third-order valence-corrected chi connectivity index (χ3v) is 1.98. The number of Topliss-reactive ketones (excluding diaryl/α,β-unsaturated/α-hetero) is 1. The van der Waals surface area contributed by atoms with Crippen LogP contribution >= 0.6 is 0 Å². The quantitative estimate of drug-likeness (QED) is 0.643. The summed E-state index contributed by atoms with van der Waals surface area (Å²) in [4.78, 5) is 11.5. The lowest BCUT2D eigenvalue weighted by atomic mass is 10.2. The van der Waals surface area contributed by atoms with Crippen LogP contribution in [0.4, 0.5) is 0 Å². The Labute approximate surface area is 75.7 Å². The van der Waals surface area contributed by atoms with Gasteiger partial charge in [-0.25, -0.2) is 4.68 Å². The zero-order chi connectivity index (χ0) is 9.42. The lowest BCUT2D eigenvalue weighted by Crippen LogP contribution is -2.19. The summed E-state index contributed by atoms with van der Waals surface area (Å²) in [6, 6.07) is 0.141. The minimum absolute atomic E-state index is 0.0694. The maximum Gasteiger partial charge on any atom is 0.264 e. The minimum Gasteiger partial charge on any atom is -0.474 e. The Hall–Kier alpha value is -1.39. The fourth-order valence-electron chi connectivity index (χ4n) is 1.34. The largest absolute Gasteiger partial charge is 0.474 e. The molecule has 0 spiro atoms. The summed E-state index contributed by atoms with van der Waals surface area (Å²) >= 11 is 0. The van der Waals surface area contributed by atoms with E-state index in [1.54, 1.807) is 4.68 Å². The summed E-state index contributed by atoms with van der Waals surface area (Å²) in [5, 5.41) is 7.67. The Bertz CT molecular complexity index is 343. The average molecular weight is 181 g/mol. The summed E-state index contributed by atoms with van der Waals surface area (Å²) in [7, 11) is 0. The topological polar surface area (TPSA) is 57.0 Å². The number of nitrogens with zero attached hydrogens (tertiary/aromatic N) is 3. The van der Waals surface area contributed by atoms with Crippen LogP contribution in [0.15, 0.2) is 0 Å². The molecule has 5 nitrogen and oxygen atoms in total. The molecule has 0 bridgehead atoms. The molecule has 0 saturated heterocycles. The Morgan fingerprint density at radius 1 is 1.54 bits per heavy atom. The van der Waals surface area contributed by atoms with Gasteiger partial charge in [-0.15, -0.1) is 0 Å². The molecular weight excluding hydrogens is 170 g/mol. The predicted molar refractivity (Wildman–Crippen MR) is 44.8 cm³/mol. The second kappa shape index (κ2) is 2.83. The summed E-state index contributed by atoms with van der Waals surface area (Å²) in [6.07, 6.45) is 0.424. The third kappa shape index (κ3) is 1.20. The van der Waals surface area contributed by atoms with Crippen LogP contribution in [0.25, 0.3) is 0 Å². The lowest BCUT2D eigenvalue weighted by molar-refractivity contribution is 0.0918. The van der Waals surface area contributed by atoms with Gasteiger partial charge < -0.3 is 4.74 Å². The summed E-state index contributed by atoms with van der Waals surface area (Å²) in [6.45, 7) is 4.33. The van der Waals surface area contributed by atoms with Gasteiger partial charge in [-0.1, -0.05) is 10.3 Å². The first-order valence-corrected chi connectivity index (χ1v) is 4.31. The third-order valence-electron chi connectivity index (χ3n) is 1.98. The zero-order valence-electron chi connectivity index (χ0n) is 7.65. The molecule has 1 aliphatic rings. The molecule has 0 atom stereocenters. The highest BCUT2D eigenvalue weighted by molar-refractivity contribution is 5.97. The molecule has 2 rings (SSSR count). The normalized spacial score (nSPS) is 15.8. The Morgan fingerprint density at radius 3 is 3.00 bits per heavy atom. The van der Waals surface area contributed by atoms with E-state index in [0.717, 1.165) is 0 Å². The van der Waals surface area contributed by atoms with Crippen molar-refractivity contribution in [1.82, 2.24) is 15.0 Å². The fourth-order valence-corrected chi connectivity index (χ4v) is 1.34. The Kier molecular flexibility index (Phi) is 1.79. The highest BCUT2D eigenvalue weighted by atomic mass is 16.5. The molecule has 0 aliphatic carbocycles. The molecule has 0 N–H and O–H groups in total. The van der Waals surface area contributed by atoms with Crippen molar-refractivity contribution in [2.45, 2.75) is 26.3 Å². The first kappa shape index (κ1) is 8.22. The van der Waals surface area contributed by atoms with E-state index in [2.05, 4.69) is 10.3 Å². The maximum atomic E-state index is 11.5. The molecular formula is C8H11N3O2. The first-order valence-electron chi connectivity index (χ1n) is 4.31. The lowest BCUT2D eigenvalue weighted by Gasteiger charge is -2.13. The van der Waals surface area contributed by atoms with Crippen LogP contribution in [0.2, 0.25) is 0 Å². The van der Waals surface area contributed by atoms with E-state index in [4.69, 9.17) is 4.74 Å². The molecule has 2 heterocycles. The van der Waals surface area contributed by atoms with Gasteiger partial charge in [0.15, 0.2) is 11.5 Å². The summed E-state index contributed by atoms with van der Waals surface area (Å²) < 4.78 is 6.82. The second-order valence-electron chi connectivity index (χ2n) is 3.30. The standard InChI is InChI=1S/C8H11N3O2/c1-5(2)11-7-6(12)3-4-13-8(7)9-10-11/h5H,3-4H2,1-2H3. The van der Waals surface area contributed by atoms with Crippen LogP contribution < -0.4 is 4.74 Å².